The standard InChI is InChI=1S/C11H15NO/c1-11(4-9-2-3-9)5-10(6-12)7-13-8-11/h7,9H,2-5,8H2,1H3. The van der Waals surface area contributed by atoms with Crippen molar-refractivity contribution in [2.24, 2.45) is 11.3 Å². The van der Waals surface area contributed by atoms with Crippen LogP contribution in [0.2, 0.25) is 0 Å². The van der Waals surface area contributed by atoms with Crippen LogP contribution in [-0.2, 0) is 4.74 Å². The molecule has 1 fully saturated rings. The number of hydrogen-bond donors (Lipinski definition) is 0. The van der Waals surface area contributed by atoms with Crippen molar-refractivity contribution in [1.29, 1.82) is 5.26 Å². The smallest absolute Gasteiger partial charge is 0.0979 e. The van der Waals surface area contributed by atoms with E-state index in [9.17, 15) is 0 Å². The third kappa shape index (κ3) is 2.03. The second-order valence-corrected chi connectivity index (χ2v) is 4.70. The largest absolute Gasteiger partial charge is 0.500 e. The average molecular weight is 177 g/mol. The maximum Gasteiger partial charge on any atom is 0.0979 e. The fraction of sp³-hybridized carbons (Fsp3) is 0.727. The minimum atomic E-state index is 0.223. The highest BCUT2D eigenvalue weighted by Gasteiger charge is 2.36. The summed E-state index contributed by atoms with van der Waals surface area (Å²) < 4.78 is 5.33. The van der Waals surface area contributed by atoms with Crippen molar-refractivity contribution in [2.75, 3.05) is 6.61 Å². The summed E-state index contributed by atoms with van der Waals surface area (Å²) in [5.41, 5.74) is 1.02. The molecule has 0 saturated heterocycles. The van der Waals surface area contributed by atoms with Gasteiger partial charge in [-0.1, -0.05) is 19.8 Å². The van der Waals surface area contributed by atoms with Crippen molar-refractivity contribution < 1.29 is 4.74 Å². The van der Waals surface area contributed by atoms with Gasteiger partial charge in [0, 0.05) is 5.41 Å². The van der Waals surface area contributed by atoms with Crippen LogP contribution in [0.3, 0.4) is 0 Å². The van der Waals surface area contributed by atoms with E-state index in [1.54, 1.807) is 6.26 Å². The molecule has 1 saturated carbocycles. The summed E-state index contributed by atoms with van der Waals surface area (Å²) in [5, 5.41) is 8.77. The van der Waals surface area contributed by atoms with Crippen molar-refractivity contribution >= 4 is 0 Å². The molecule has 2 aliphatic rings. The molecule has 1 aliphatic heterocycles. The summed E-state index contributed by atoms with van der Waals surface area (Å²) in [6, 6.07) is 2.19. The molecule has 0 aromatic rings. The lowest BCUT2D eigenvalue weighted by molar-refractivity contribution is 0.0894. The van der Waals surface area contributed by atoms with Crippen LogP contribution in [0.25, 0.3) is 0 Å². The first kappa shape index (κ1) is 8.62. The van der Waals surface area contributed by atoms with Gasteiger partial charge < -0.3 is 4.74 Å². The molecule has 2 heteroatoms. The Bertz CT molecular complexity index is 272. The molecule has 0 aromatic carbocycles. The fourth-order valence-corrected chi connectivity index (χ4v) is 2.11. The highest BCUT2D eigenvalue weighted by Crippen LogP contribution is 2.44. The van der Waals surface area contributed by atoms with E-state index in [0.29, 0.717) is 0 Å². The number of nitriles is 1. The summed E-state index contributed by atoms with van der Waals surface area (Å²) in [5.74, 6) is 0.909. The first-order chi connectivity index (χ1) is 6.22. The minimum Gasteiger partial charge on any atom is -0.500 e. The number of nitrogens with zero attached hydrogens (tertiary/aromatic N) is 1. The molecule has 13 heavy (non-hydrogen) atoms. The second kappa shape index (κ2) is 3.06. The molecule has 0 bridgehead atoms. The average Bonchev–Trinajstić information content (AvgIpc) is 2.87. The van der Waals surface area contributed by atoms with E-state index < -0.39 is 0 Å². The fourth-order valence-electron chi connectivity index (χ4n) is 2.11. The Balaban J connectivity index is 1.99. The Hall–Kier alpha value is -0.970. The van der Waals surface area contributed by atoms with E-state index in [1.807, 2.05) is 0 Å². The zero-order valence-electron chi connectivity index (χ0n) is 8.05. The molecule has 0 amide bonds. The third-order valence-electron chi connectivity index (χ3n) is 2.90. The maximum atomic E-state index is 8.77. The van der Waals surface area contributed by atoms with Crippen molar-refractivity contribution in [3.05, 3.63) is 11.8 Å². The van der Waals surface area contributed by atoms with Crippen LogP contribution in [-0.4, -0.2) is 6.61 Å². The normalized spacial score (nSPS) is 33.1. The van der Waals surface area contributed by atoms with Crippen LogP contribution < -0.4 is 0 Å². The first-order valence-corrected chi connectivity index (χ1v) is 4.93. The monoisotopic (exact) mass is 177 g/mol. The zero-order valence-corrected chi connectivity index (χ0v) is 8.05. The van der Waals surface area contributed by atoms with Gasteiger partial charge in [0.25, 0.3) is 0 Å². The predicted octanol–water partition coefficient (Wildman–Crippen LogP) is 2.62. The predicted molar refractivity (Wildman–Crippen MR) is 49.7 cm³/mol. The van der Waals surface area contributed by atoms with Crippen molar-refractivity contribution in [2.45, 2.75) is 32.6 Å². The molecule has 0 N–H and O–H groups in total. The topological polar surface area (TPSA) is 33.0 Å². The number of rotatable bonds is 2. The van der Waals surface area contributed by atoms with Gasteiger partial charge in [0.1, 0.15) is 0 Å². The first-order valence-electron chi connectivity index (χ1n) is 4.93. The van der Waals surface area contributed by atoms with Crippen LogP contribution in [0, 0.1) is 22.7 Å². The molecule has 70 valence electrons. The molecule has 0 aromatic heterocycles. The van der Waals surface area contributed by atoms with Gasteiger partial charge in [0.2, 0.25) is 0 Å². The van der Waals surface area contributed by atoms with E-state index in [0.717, 1.165) is 24.5 Å². The van der Waals surface area contributed by atoms with Gasteiger partial charge in [-0.25, -0.2) is 0 Å². The quantitative estimate of drug-likeness (QED) is 0.649. The lowest BCUT2D eigenvalue weighted by atomic mass is 9.79. The Morgan fingerprint density at radius 2 is 2.46 bits per heavy atom. The number of hydrogen-bond acceptors (Lipinski definition) is 2. The van der Waals surface area contributed by atoms with E-state index >= 15 is 0 Å². The van der Waals surface area contributed by atoms with Crippen molar-refractivity contribution in [3.8, 4) is 6.07 Å². The lowest BCUT2D eigenvalue weighted by Gasteiger charge is -2.31. The molecule has 0 spiro atoms. The minimum absolute atomic E-state index is 0.223. The molecule has 1 unspecified atom stereocenters. The zero-order chi connectivity index (χ0) is 9.31. The van der Waals surface area contributed by atoms with Crippen LogP contribution in [0.1, 0.15) is 32.6 Å². The molecule has 2 nitrogen and oxygen atoms in total. The second-order valence-electron chi connectivity index (χ2n) is 4.70. The van der Waals surface area contributed by atoms with Crippen molar-refractivity contribution in [3.63, 3.8) is 0 Å². The summed E-state index contributed by atoms with van der Waals surface area (Å²) in [4.78, 5) is 0. The van der Waals surface area contributed by atoms with E-state index in [2.05, 4.69) is 13.0 Å². The van der Waals surface area contributed by atoms with Gasteiger partial charge in [-0.15, -0.1) is 0 Å². The maximum absolute atomic E-state index is 8.77. The van der Waals surface area contributed by atoms with E-state index in [4.69, 9.17) is 10.00 Å². The summed E-state index contributed by atoms with van der Waals surface area (Å²) in [7, 11) is 0. The summed E-state index contributed by atoms with van der Waals surface area (Å²) in [6.45, 7) is 3.02. The molecule has 1 aliphatic carbocycles. The lowest BCUT2D eigenvalue weighted by Crippen LogP contribution is -2.26. The molecular weight excluding hydrogens is 162 g/mol. The van der Waals surface area contributed by atoms with E-state index in [1.165, 1.54) is 19.3 Å². The van der Waals surface area contributed by atoms with Gasteiger partial charge in [0.15, 0.2) is 0 Å². The van der Waals surface area contributed by atoms with Crippen LogP contribution in [0.5, 0.6) is 0 Å². The molecule has 1 atom stereocenters. The van der Waals surface area contributed by atoms with Crippen molar-refractivity contribution in [1.82, 2.24) is 0 Å². The third-order valence-corrected chi connectivity index (χ3v) is 2.90. The molecule has 2 rings (SSSR count). The van der Waals surface area contributed by atoms with Gasteiger partial charge in [0.05, 0.1) is 24.5 Å². The summed E-state index contributed by atoms with van der Waals surface area (Å²) in [6.07, 6.45) is 6.50. The Morgan fingerprint density at radius 1 is 1.69 bits per heavy atom. The molecular formula is C11H15NO. The van der Waals surface area contributed by atoms with Gasteiger partial charge in [-0.3, -0.25) is 0 Å². The number of allylic oxidation sites excluding steroid dienone is 1. The SMILES string of the molecule is CC1(CC2CC2)COC=C(C#N)C1. The molecule has 0 radical (unpaired) electrons. The van der Waals surface area contributed by atoms with Crippen LogP contribution in [0.4, 0.5) is 0 Å². The van der Waals surface area contributed by atoms with Crippen LogP contribution >= 0.6 is 0 Å². The van der Waals surface area contributed by atoms with Gasteiger partial charge in [-0.2, -0.15) is 5.26 Å². The Morgan fingerprint density at radius 3 is 3.08 bits per heavy atom. The van der Waals surface area contributed by atoms with Gasteiger partial charge in [-0.05, 0) is 18.8 Å². The highest BCUT2D eigenvalue weighted by molar-refractivity contribution is 5.22. The Labute approximate surface area is 79.2 Å². The highest BCUT2D eigenvalue weighted by atomic mass is 16.5. The number of ether oxygens (including phenoxy) is 1. The Kier molecular flexibility index (Phi) is 2.03. The van der Waals surface area contributed by atoms with E-state index in [-0.39, 0.29) is 5.41 Å². The van der Waals surface area contributed by atoms with Gasteiger partial charge >= 0.3 is 0 Å². The molecule has 1 heterocycles. The van der Waals surface area contributed by atoms with Crippen LogP contribution in [0.15, 0.2) is 11.8 Å². The summed E-state index contributed by atoms with van der Waals surface area (Å²) >= 11 is 0.